The fourth-order valence-corrected chi connectivity index (χ4v) is 2.24. The van der Waals surface area contributed by atoms with Gasteiger partial charge in [-0.3, -0.25) is 10.1 Å². The van der Waals surface area contributed by atoms with Crippen LogP contribution in [0.25, 0.3) is 11.0 Å². The number of aromatic nitrogens is 3. The average molecular weight is 268 g/mol. The zero-order valence-corrected chi connectivity index (χ0v) is 11.3. The predicted octanol–water partition coefficient (Wildman–Crippen LogP) is 3.03. The Kier molecular flexibility index (Phi) is 3.25. The van der Waals surface area contributed by atoms with Gasteiger partial charge in [0, 0.05) is 12.7 Å². The van der Waals surface area contributed by atoms with Crippen molar-refractivity contribution in [1.82, 2.24) is 14.5 Å². The zero-order chi connectivity index (χ0) is 13.9. The molecule has 2 aromatic heterocycles. The second kappa shape index (κ2) is 5.21. The lowest BCUT2D eigenvalue weighted by atomic mass is 10.3. The van der Waals surface area contributed by atoms with Crippen LogP contribution >= 0.6 is 0 Å². The van der Waals surface area contributed by atoms with E-state index in [-0.39, 0.29) is 5.91 Å². The van der Waals surface area contributed by atoms with Crippen LogP contribution in [-0.2, 0) is 6.54 Å². The molecule has 1 aromatic carbocycles. The van der Waals surface area contributed by atoms with Gasteiger partial charge in [0.05, 0.1) is 11.0 Å². The van der Waals surface area contributed by atoms with Crippen LogP contribution in [0.4, 0.5) is 5.95 Å². The molecule has 102 valence electrons. The summed E-state index contributed by atoms with van der Waals surface area (Å²) in [5.41, 5.74) is 2.39. The Labute approximate surface area is 116 Å². The Balaban J connectivity index is 1.83. The van der Waals surface area contributed by atoms with Gasteiger partial charge in [0.15, 0.2) is 0 Å². The number of aromatic amines is 1. The number of amides is 1. The van der Waals surface area contributed by atoms with Crippen LogP contribution in [0.2, 0.25) is 0 Å². The molecule has 0 fully saturated rings. The molecule has 0 radical (unpaired) electrons. The molecule has 5 heteroatoms. The summed E-state index contributed by atoms with van der Waals surface area (Å²) < 4.78 is 1.94. The lowest BCUT2D eigenvalue weighted by molar-refractivity contribution is 0.101. The normalized spacial score (nSPS) is 10.8. The molecule has 0 spiro atoms. The number of para-hydroxylation sites is 2. The van der Waals surface area contributed by atoms with E-state index in [2.05, 4.69) is 22.2 Å². The number of carbonyl (C=O) groups excluding carboxylic acids is 1. The largest absolute Gasteiger partial charge is 0.344 e. The molecule has 0 saturated heterocycles. The van der Waals surface area contributed by atoms with Crippen LogP contribution in [0.3, 0.4) is 0 Å². The number of nitrogens with zero attached hydrogens (tertiary/aromatic N) is 2. The Morgan fingerprint density at radius 2 is 2.15 bits per heavy atom. The first kappa shape index (κ1) is 12.5. The maximum atomic E-state index is 12.3. The summed E-state index contributed by atoms with van der Waals surface area (Å²) in [6.45, 7) is 2.91. The molecule has 0 bridgehead atoms. The van der Waals surface area contributed by atoms with Gasteiger partial charge in [-0.2, -0.15) is 0 Å². The van der Waals surface area contributed by atoms with Gasteiger partial charge in [-0.1, -0.05) is 19.1 Å². The quantitative estimate of drug-likeness (QED) is 0.764. The number of imidazole rings is 1. The third kappa shape index (κ3) is 2.30. The summed E-state index contributed by atoms with van der Waals surface area (Å²) in [5, 5.41) is 2.81. The van der Waals surface area contributed by atoms with Crippen LogP contribution in [-0.4, -0.2) is 20.4 Å². The van der Waals surface area contributed by atoms with Crippen molar-refractivity contribution in [2.75, 3.05) is 5.32 Å². The minimum Gasteiger partial charge on any atom is -0.344 e. The van der Waals surface area contributed by atoms with Crippen LogP contribution in [0.15, 0.2) is 42.6 Å². The van der Waals surface area contributed by atoms with E-state index in [9.17, 15) is 4.79 Å². The fraction of sp³-hybridized carbons (Fsp3) is 0.200. The van der Waals surface area contributed by atoms with Gasteiger partial charge < -0.3 is 9.55 Å². The number of carbonyl (C=O) groups is 1. The second-order valence-corrected chi connectivity index (χ2v) is 4.64. The number of aryl methyl sites for hydroxylation is 1. The lowest BCUT2D eigenvalue weighted by Crippen LogP contribution is -2.17. The van der Waals surface area contributed by atoms with Crippen molar-refractivity contribution in [3.05, 3.63) is 48.3 Å². The van der Waals surface area contributed by atoms with E-state index in [1.165, 1.54) is 0 Å². The topological polar surface area (TPSA) is 62.7 Å². The van der Waals surface area contributed by atoms with Crippen LogP contribution in [0, 0.1) is 0 Å². The SMILES string of the molecule is CCCn1cccc1C(=O)Nc1nc2ccccc2[nH]1. The minimum absolute atomic E-state index is 0.150. The molecule has 0 unspecified atom stereocenters. The molecule has 0 atom stereocenters. The van der Waals surface area contributed by atoms with Crippen LogP contribution in [0.1, 0.15) is 23.8 Å². The number of hydrogen-bond donors (Lipinski definition) is 2. The van der Waals surface area contributed by atoms with E-state index in [4.69, 9.17) is 0 Å². The smallest absolute Gasteiger partial charge is 0.274 e. The highest BCUT2D eigenvalue weighted by Gasteiger charge is 2.12. The van der Waals surface area contributed by atoms with E-state index in [0.717, 1.165) is 24.0 Å². The van der Waals surface area contributed by atoms with Gasteiger partial charge in [-0.05, 0) is 30.7 Å². The van der Waals surface area contributed by atoms with Gasteiger partial charge in [0.2, 0.25) is 5.95 Å². The maximum Gasteiger partial charge on any atom is 0.274 e. The molecule has 0 saturated carbocycles. The molecule has 0 aliphatic heterocycles. The predicted molar refractivity (Wildman–Crippen MR) is 78.8 cm³/mol. The van der Waals surface area contributed by atoms with Gasteiger partial charge in [0.25, 0.3) is 5.91 Å². The van der Waals surface area contributed by atoms with Crippen molar-refractivity contribution in [3.63, 3.8) is 0 Å². The fourth-order valence-electron chi connectivity index (χ4n) is 2.24. The Morgan fingerprint density at radius 1 is 1.30 bits per heavy atom. The molecule has 2 heterocycles. The van der Waals surface area contributed by atoms with Gasteiger partial charge in [-0.25, -0.2) is 4.98 Å². The van der Waals surface area contributed by atoms with Gasteiger partial charge >= 0.3 is 0 Å². The first-order valence-corrected chi connectivity index (χ1v) is 6.69. The van der Waals surface area contributed by atoms with E-state index in [0.29, 0.717) is 11.6 Å². The van der Waals surface area contributed by atoms with Crippen molar-refractivity contribution in [2.24, 2.45) is 0 Å². The van der Waals surface area contributed by atoms with Crippen molar-refractivity contribution >= 4 is 22.9 Å². The number of rotatable bonds is 4. The monoisotopic (exact) mass is 268 g/mol. The number of H-pyrrole nitrogens is 1. The molecular formula is C15H16N4O. The minimum atomic E-state index is -0.150. The lowest BCUT2D eigenvalue weighted by Gasteiger charge is -2.06. The third-order valence-electron chi connectivity index (χ3n) is 3.15. The second-order valence-electron chi connectivity index (χ2n) is 4.64. The number of benzene rings is 1. The van der Waals surface area contributed by atoms with Crippen molar-refractivity contribution < 1.29 is 4.79 Å². The van der Waals surface area contributed by atoms with Crippen molar-refractivity contribution in [3.8, 4) is 0 Å². The van der Waals surface area contributed by atoms with E-state index in [1.807, 2.05) is 47.2 Å². The Morgan fingerprint density at radius 3 is 2.95 bits per heavy atom. The summed E-state index contributed by atoms with van der Waals surface area (Å²) >= 11 is 0. The van der Waals surface area contributed by atoms with Crippen LogP contribution < -0.4 is 5.32 Å². The summed E-state index contributed by atoms with van der Waals surface area (Å²) in [6.07, 6.45) is 2.90. The summed E-state index contributed by atoms with van der Waals surface area (Å²) in [7, 11) is 0. The summed E-state index contributed by atoms with van der Waals surface area (Å²) in [4.78, 5) is 19.7. The molecule has 20 heavy (non-hydrogen) atoms. The van der Waals surface area contributed by atoms with Crippen molar-refractivity contribution in [1.29, 1.82) is 0 Å². The number of hydrogen-bond acceptors (Lipinski definition) is 2. The molecule has 2 N–H and O–H groups in total. The highest BCUT2D eigenvalue weighted by Crippen LogP contribution is 2.14. The van der Waals surface area contributed by atoms with Gasteiger partial charge in [-0.15, -0.1) is 0 Å². The highest BCUT2D eigenvalue weighted by atomic mass is 16.2. The van der Waals surface area contributed by atoms with E-state index < -0.39 is 0 Å². The first-order valence-electron chi connectivity index (χ1n) is 6.69. The summed E-state index contributed by atoms with van der Waals surface area (Å²) in [5.74, 6) is 0.322. The molecule has 3 aromatic rings. The standard InChI is InChI=1S/C15H16N4O/c1-2-9-19-10-5-8-13(19)14(20)18-15-16-11-6-3-4-7-12(11)17-15/h3-8,10H,2,9H2,1H3,(H2,16,17,18,20). The molecular weight excluding hydrogens is 252 g/mol. The average Bonchev–Trinajstić information content (AvgIpc) is 3.04. The first-order chi connectivity index (χ1) is 9.78. The maximum absolute atomic E-state index is 12.3. The zero-order valence-electron chi connectivity index (χ0n) is 11.3. The molecule has 0 aliphatic carbocycles. The molecule has 5 nitrogen and oxygen atoms in total. The van der Waals surface area contributed by atoms with E-state index in [1.54, 1.807) is 0 Å². The van der Waals surface area contributed by atoms with Crippen LogP contribution in [0.5, 0.6) is 0 Å². The summed E-state index contributed by atoms with van der Waals surface area (Å²) in [6, 6.07) is 11.4. The number of anilines is 1. The third-order valence-corrected chi connectivity index (χ3v) is 3.15. The molecule has 3 rings (SSSR count). The highest BCUT2D eigenvalue weighted by molar-refractivity contribution is 6.02. The molecule has 0 aliphatic rings. The number of fused-ring (bicyclic) bond motifs is 1. The Bertz CT molecular complexity index is 708. The van der Waals surface area contributed by atoms with Crippen molar-refractivity contribution in [2.45, 2.75) is 19.9 Å². The number of nitrogens with one attached hydrogen (secondary N) is 2. The van der Waals surface area contributed by atoms with E-state index >= 15 is 0 Å². The van der Waals surface area contributed by atoms with Gasteiger partial charge in [0.1, 0.15) is 5.69 Å². The molecule has 1 amide bonds. The Hall–Kier alpha value is -2.56.